The highest BCUT2D eigenvalue weighted by Crippen LogP contribution is 2.43. The van der Waals surface area contributed by atoms with Crippen molar-refractivity contribution in [2.24, 2.45) is 0 Å². The summed E-state index contributed by atoms with van der Waals surface area (Å²) in [4.78, 5) is 0. The van der Waals surface area contributed by atoms with Crippen LogP contribution in [0.5, 0.6) is 17.2 Å². The Bertz CT molecular complexity index is 352. The smallest absolute Gasteiger partial charge is 0.231 e. The standard InChI is InChI=1S/C11H13IO3/c1-2-3-6-13-9-5-4-8(12)10-11(9)15-7-14-10/h4-5H,2-3,6-7H2,1H3. The van der Waals surface area contributed by atoms with Crippen LogP contribution >= 0.6 is 22.6 Å². The Morgan fingerprint density at radius 2 is 2.13 bits per heavy atom. The Hall–Kier alpha value is -0.650. The average molecular weight is 320 g/mol. The van der Waals surface area contributed by atoms with Crippen LogP contribution in [0.3, 0.4) is 0 Å². The maximum Gasteiger partial charge on any atom is 0.231 e. The molecule has 0 saturated carbocycles. The molecule has 0 fully saturated rings. The number of hydrogen-bond acceptors (Lipinski definition) is 3. The Kier molecular flexibility index (Phi) is 3.56. The molecule has 82 valence electrons. The molecular weight excluding hydrogens is 307 g/mol. The van der Waals surface area contributed by atoms with Crippen LogP contribution < -0.4 is 14.2 Å². The fourth-order valence-corrected chi connectivity index (χ4v) is 1.96. The van der Waals surface area contributed by atoms with Crippen LogP contribution in [0.2, 0.25) is 0 Å². The second kappa shape index (κ2) is 4.92. The molecule has 1 aliphatic rings. The van der Waals surface area contributed by atoms with Crippen LogP contribution in [0, 0.1) is 3.57 Å². The lowest BCUT2D eigenvalue weighted by molar-refractivity contribution is 0.169. The van der Waals surface area contributed by atoms with E-state index in [1.54, 1.807) is 0 Å². The number of unbranched alkanes of at least 4 members (excludes halogenated alkanes) is 1. The van der Waals surface area contributed by atoms with Gasteiger partial charge in [-0.1, -0.05) is 13.3 Å². The first kappa shape index (κ1) is 10.9. The summed E-state index contributed by atoms with van der Waals surface area (Å²) in [5, 5.41) is 0. The van der Waals surface area contributed by atoms with E-state index in [1.165, 1.54) is 0 Å². The van der Waals surface area contributed by atoms with Crippen molar-refractivity contribution in [3.05, 3.63) is 15.7 Å². The van der Waals surface area contributed by atoms with Gasteiger partial charge in [-0.25, -0.2) is 0 Å². The van der Waals surface area contributed by atoms with E-state index in [0.29, 0.717) is 6.79 Å². The molecule has 0 atom stereocenters. The van der Waals surface area contributed by atoms with Crippen molar-refractivity contribution in [1.29, 1.82) is 0 Å². The van der Waals surface area contributed by atoms with Gasteiger partial charge in [0.25, 0.3) is 0 Å². The Morgan fingerprint density at radius 3 is 2.93 bits per heavy atom. The molecule has 1 heterocycles. The minimum atomic E-state index is 0.291. The summed E-state index contributed by atoms with van der Waals surface area (Å²) in [5.41, 5.74) is 0. The first-order valence-corrected chi connectivity index (χ1v) is 6.11. The lowest BCUT2D eigenvalue weighted by atomic mass is 10.3. The Morgan fingerprint density at radius 1 is 1.33 bits per heavy atom. The average Bonchev–Trinajstić information content (AvgIpc) is 2.71. The SMILES string of the molecule is CCCCOc1ccc(I)c2c1OCO2. The number of rotatable bonds is 4. The number of benzene rings is 1. The summed E-state index contributed by atoms with van der Waals surface area (Å²) in [6, 6.07) is 3.92. The van der Waals surface area contributed by atoms with E-state index >= 15 is 0 Å². The number of ether oxygens (including phenoxy) is 3. The summed E-state index contributed by atoms with van der Waals surface area (Å²) in [6.45, 7) is 3.16. The van der Waals surface area contributed by atoms with Gasteiger partial charge < -0.3 is 14.2 Å². The largest absolute Gasteiger partial charge is 0.490 e. The fourth-order valence-electron chi connectivity index (χ4n) is 1.38. The van der Waals surface area contributed by atoms with Crippen LogP contribution in [0.25, 0.3) is 0 Å². The summed E-state index contributed by atoms with van der Waals surface area (Å²) < 4.78 is 17.4. The molecule has 0 bridgehead atoms. The molecule has 15 heavy (non-hydrogen) atoms. The molecule has 0 aliphatic carbocycles. The van der Waals surface area contributed by atoms with Gasteiger partial charge in [0, 0.05) is 0 Å². The van der Waals surface area contributed by atoms with E-state index in [0.717, 1.165) is 40.3 Å². The number of halogens is 1. The maximum atomic E-state index is 5.64. The first-order chi connectivity index (χ1) is 7.33. The molecular formula is C11H13IO3. The molecule has 0 aromatic heterocycles. The fraction of sp³-hybridized carbons (Fsp3) is 0.455. The third-order valence-electron chi connectivity index (χ3n) is 2.19. The monoisotopic (exact) mass is 320 g/mol. The van der Waals surface area contributed by atoms with E-state index < -0.39 is 0 Å². The van der Waals surface area contributed by atoms with Crippen LogP contribution in [0.1, 0.15) is 19.8 Å². The molecule has 0 radical (unpaired) electrons. The molecule has 1 aliphatic heterocycles. The van der Waals surface area contributed by atoms with Gasteiger partial charge in [-0.3, -0.25) is 0 Å². The van der Waals surface area contributed by atoms with Crippen molar-refractivity contribution in [3.63, 3.8) is 0 Å². The van der Waals surface area contributed by atoms with Crippen LogP contribution in [0.4, 0.5) is 0 Å². The zero-order valence-electron chi connectivity index (χ0n) is 8.59. The lowest BCUT2D eigenvalue weighted by Gasteiger charge is -2.08. The van der Waals surface area contributed by atoms with E-state index in [4.69, 9.17) is 14.2 Å². The normalized spacial score (nSPS) is 12.9. The highest BCUT2D eigenvalue weighted by molar-refractivity contribution is 14.1. The number of hydrogen-bond donors (Lipinski definition) is 0. The highest BCUT2D eigenvalue weighted by atomic mass is 127. The first-order valence-electron chi connectivity index (χ1n) is 5.04. The topological polar surface area (TPSA) is 27.7 Å². The zero-order chi connectivity index (χ0) is 10.7. The maximum absolute atomic E-state index is 5.64. The minimum absolute atomic E-state index is 0.291. The van der Waals surface area contributed by atoms with Gasteiger partial charge in [0.05, 0.1) is 10.2 Å². The third-order valence-corrected chi connectivity index (χ3v) is 3.04. The molecule has 0 unspecified atom stereocenters. The summed E-state index contributed by atoms with van der Waals surface area (Å²) in [7, 11) is 0. The second-order valence-electron chi connectivity index (χ2n) is 3.31. The van der Waals surface area contributed by atoms with Gasteiger partial charge >= 0.3 is 0 Å². The van der Waals surface area contributed by atoms with Gasteiger partial charge in [-0.2, -0.15) is 0 Å². The van der Waals surface area contributed by atoms with Crippen molar-refractivity contribution < 1.29 is 14.2 Å². The molecule has 0 saturated heterocycles. The molecule has 1 aromatic rings. The van der Waals surface area contributed by atoms with Gasteiger partial charge in [-0.15, -0.1) is 0 Å². The quantitative estimate of drug-likeness (QED) is 0.630. The predicted molar refractivity (Wildman–Crippen MR) is 65.7 cm³/mol. The molecule has 2 rings (SSSR count). The van der Waals surface area contributed by atoms with Gasteiger partial charge in [0.15, 0.2) is 11.5 Å². The summed E-state index contributed by atoms with van der Waals surface area (Å²) in [6.07, 6.45) is 2.19. The molecule has 0 spiro atoms. The predicted octanol–water partition coefficient (Wildman–Crippen LogP) is 3.20. The van der Waals surface area contributed by atoms with Crippen molar-refractivity contribution in [2.45, 2.75) is 19.8 Å². The molecule has 1 aromatic carbocycles. The van der Waals surface area contributed by atoms with E-state index in [2.05, 4.69) is 29.5 Å². The van der Waals surface area contributed by atoms with Crippen molar-refractivity contribution in [2.75, 3.05) is 13.4 Å². The van der Waals surface area contributed by atoms with Gasteiger partial charge in [-0.05, 0) is 41.1 Å². The van der Waals surface area contributed by atoms with Gasteiger partial charge in [0.2, 0.25) is 12.5 Å². The van der Waals surface area contributed by atoms with Gasteiger partial charge in [0.1, 0.15) is 0 Å². The summed E-state index contributed by atoms with van der Waals surface area (Å²) in [5.74, 6) is 2.35. The third kappa shape index (κ3) is 2.30. The van der Waals surface area contributed by atoms with Crippen LogP contribution in [-0.2, 0) is 0 Å². The highest BCUT2D eigenvalue weighted by Gasteiger charge is 2.21. The van der Waals surface area contributed by atoms with Crippen molar-refractivity contribution in [1.82, 2.24) is 0 Å². The van der Waals surface area contributed by atoms with E-state index in [-0.39, 0.29) is 0 Å². The molecule has 0 amide bonds. The molecule has 3 nitrogen and oxygen atoms in total. The van der Waals surface area contributed by atoms with E-state index in [1.807, 2.05) is 12.1 Å². The Balaban J connectivity index is 2.15. The number of fused-ring (bicyclic) bond motifs is 1. The van der Waals surface area contributed by atoms with Crippen molar-refractivity contribution >= 4 is 22.6 Å². The summed E-state index contributed by atoms with van der Waals surface area (Å²) >= 11 is 2.23. The second-order valence-corrected chi connectivity index (χ2v) is 4.47. The molecule has 4 heteroatoms. The minimum Gasteiger partial charge on any atom is -0.490 e. The Labute approximate surface area is 103 Å². The molecule has 0 N–H and O–H groups in total. The van der Waals surface area contributed by atoms with Crippen LogP contribution in [0.15, 0.2) is 12.1 Å². The van der Waals surface area contributed by atoms with E-state index in [9.17, 15) is 0 Å². The lowest BCUT2D eigenvalue weighted by Crippen LogP contribution is -1.98. The van der Waals surface area contributed by atoms with Crippen LogP contribution in [-0.4, -0.2) is 13.4 Å². The van der Waals surface area contributed by atoms with Crippen molar-refractivity contribution in [3.8, 4) is 17.2 Å². The zero-order valence-corrected chi connectivity index (χ0v) is 10.7.